The van der Waals surface area contributed by atoms with Gasteiger partial charge in [-0.3, -0.25) is 9.48 Å². The van der Waals surface area contributed by atoms with E-state index in [1.165, 1.54) is 12.0 Å². The zero-order chi connectivity index (χ0) is 13.0. The summed E-state index contributed by atoms with van der Waals surface area (Å²) in [7, 11) is 1.87. The first-order valence-electron chi connectivity index (χ1n) is 6.21. The molecule has 0 unspecified atom stereocenters. The van der Waals surface area contributed by atoms with Crippen LogP contribution >= 0.6 is 0 Å². The molecule has 1 N–H and O–H groups in total. The highest BCUT2D eigenvalue weighted by Crippen LogP contribution is 2.28. The molecule has 1 aliphatic heterocycles. The van der Waals surface area contributed by atoms with E-state index in [0.717, 1.165) is 30.8 Å². The number of hydrogen-bond donors (Lipinski definition) is 1. The molecule has 0 amide bonds. The van der Waals surface area contributed by atoms with Crippen molar-refractivity contribution in [1.82, 2.24) is 29.3 Å². The second-order valence-electron chi connectivity index (χ2n) is 4.73. The zero-order valence-corrected chi connectivity index (χ0v) is 10.4. The Morgan fingerprint density at radius 3 is 3.16 bits per heavy atom. The second-order valence-corrected chi connectivity index (χ2v) is 4.73. The van der Waals surface area contributed by atoms with E-state index >= 15 is 0 Å². The summed E-state index contributed by atoms with van der Waals surface area (Å²) in [5.41, 5.74) is 2.94. The molecule has 3 aromatic heterocycles. The lowest BCUT2D eigenvalue weighted by molar-refractivity contribution is 0.656. The molecular weight excluding hydrogens is 244 g/mol. The molecule has 1 aliphatic rings. The van der Waals surface area contributed by atoms with Crippen LogP contribution in [0.2, 0.25) is 0 Å². The topological polar surface area (TPSA) is 81.4 Å². The molecule has 4 heterocycles. The average molecular weight is 256 g/mol. The van der Waals surface area contributed by atoms with E-state index in [2.05, 4.69) is 20.1 Å². The van der Waals surface area contributed by atoms with E-state index in [1.807, 2.05) is 22.5 Å². The number of H-pyrrole nitrogens is 1. The van der Waals surface area contributed by atoms with Gasteiger partial charge in [-0.25, -0.2) is 9.97 Å². The molecule has 7 nitrogen and oxygen atoms in total. The first-order valence-corrected chi connectivity index (χ1v) is 6.21. The normalized spacial score (nSPS) is 14.2. The molecule has 0 aromatic carbocycles. The third-order valence-corrected chi connectivity index (χ3v) is 3.64. The van der Waals surface area contributed by atoms with Crippen LogP contribution in [0.15, 0.2) is 17.3 Å². The fraction of sp³-hybridized carbons (Fsp3) is 0.333. The Morgan fingerprint density at radius 1 is 1.42 bits per heavy atom. The lowest BCUT2D eigenvalue weighted by Gasteiger charge is -2.01. The molecule has 7 heteroatoms. The summed E-state index contributed by atoms with van der Waals surface area (Å²) >= 11 is 0. The third-order valence-electron chi connectivity index (χ3n) is 3.64. The molecule has 0 atom stereocenters. The van der Waals surface area contributed by atoms with Crippen LogP contribution in [-0.2, 0) is 20.0 Å². The molecular formula is C12H12N6O. The minimum atomic E-state index is -0.212. The van der Waals surface area contributed by atoms with E-state index in [-0.39, 0.29) is 5.56 Å². The number of hydrogen-bond acceptors (Lipinski definition) is 4. The summed E-state index contributed by atoms with van der Waals surface area (Å²) in [6, 6.07) is 0. The highest BCUT2D eigenvalue weighted by molar-refractivity contribution is 5.76. The SMILES string of the molecule is Cn1c(-c2cnn3c2CCC3)nc2c(=O)[nH]cnc21. The minimum Gasteiger partial charge on any atom is -0.311 e. The van der Waals surface area contributed by atoms with Gasteiger partial charge in [0.2, 0.25) is 0 Å². The largest absolute Gasteiger partial charge is 0.311 e. The predicted molar refractivity (Wildman–Crippen MR) is 68.7 cm³/mol. The average Bonchev–Trinajstić information content (AvgIpc) is 3.05. The summed E-state index contributed by atoms with van der Waals surface area (Å²) in [6.07, 6.45) is 5.34. The molecule has 19 heavy (non-hydrogen) atoms. The van der Waals surface area contributed by atoms with E-state index in [4.69, 9.17) is 0 Å². The van der Waals surface area contributed by atoms with Crippen molar-refractivity contribution in [2.45, 2.75) is 19.4 Å². The molecule has 0 aliphatic carbocycles. The van der Waals surface area contributed by atoms with Crippen LogP contribution in [-0.4, -0.2) is 29.3 Å². The molecule has 0 spiro atoms. The van der Waals surface area contributed by atoms with E-state index < -0.39 is 0 Å². The number of imidazole rings is 1. The number of rotatable bonds is 1. The molecule has 0 radical (unpaired) electrons. The van der Waals surface area contributed by atoms with Gasteiger partial charge in [-0.2, -0.15) is 5.10 Å². The highest BCUT2D eigenvalue weighted by Gasteiger charge is 2.22. The molecule has 0 bridgehead atoms. The van der Waals surface area contributed by atoms with Crippen molar-refractivity contribution >= 4 is 11.2 Å². The van der Waals surface area contributed by atoms with Crippen molar-refractivity contribution in [3.63, 3.8) is 0 Å². The summed E-state index contributed by atoms with van der Waals surface area (Å²) < 4.78 is 3.85. The van der Waals surface area contributed by atoms with Crippen LogP contribution < -0.4 is 5.56 Å². The molecule has 0 saturated heterocycles. The monoisotopic (exact) mass is 256 g/mol. The van der Waals surface area contributed by atoms with Crippen LogP contribution in [0.1, 0.15) is 12.1 Å². The van der Waals surface area contributed by atoms with Gasteiger partial charge in [-0.15, -0.1) is 0 Å². The molecule has 0 saturated carbocycles. The minimum absolute atomic E-state index is 0.212. The summed E-state index contributed by atoms with van der Waals surface area (Å²) in [5, 5.41) is 4.36. The van der Waals surface area contributed by atoms with E-state index in [1.54, 1.807) is 0 Å². The van der Waals surface area contributed by atoms with Crippen LogP contribution in [0.5, 0.6) is 0 Å². The Labute approximate surface area is 107 Å². The van der Waals surface area contributed by atoms with Crippen LogP contribution in [0, 0.1) is 0 Å². The number of aryl methyl sites for hydroxylation is 2. The van der Waals surface area contributed by atoms with Gasteiger partial charge in [0.25, 0.3) is 5.56 Å². The van der Waals surface area contributed by atoms with Gasteiger partial charge in [0.05, 0.1) is 18.1 Å². The number of fused-ring (bicyclic) bond motifs is 2. The van der Waals surface area contributed by atoms with Gasteiger partial charge in [0.1, 0.15) is 5.82 Å². The van der Waals surface area contributed by atoms with Crippen LogP contribution in [0.25, 0.3) is 22.6 Å². The summed E-state index contributed by atoms with van der Waals surface area (Å²) in [4.78, 5) is 22.9. The standard InChI is InChI=1S/C12H12N6O/c1-17-10(7-5-15-18-4-2-3-8(7)18)16-9-11(17)13-6-14-12(9)19/h5-6H,2-4H2,1H3,(H,13,14,19). The van der Waals surface area contributed by atoms with Gasteiger partial charge in [0.15, 0.2) is 11.2 Å². The molecule has 96 valence electrons. The second kappa shape index (κ2) is 3.53. The quantitative estimate of drug-likeness (QED) is 0.686. The highest BCUT2D eigenvalue weighted by atomic mass is 16.1. The van der Waals surface area contributed by atoms with Crippen LogP contribution in [0.4, 0.5) is 0 Å². The first-order chi connectivity index (χ1) is 9.25. The fourth-order valence-corrected chi connectivity index (χ4v) is 2.70. The summed E-state index contributed by atoms with van der Waals surface area (Å²) in [5.74, 6) is 0.752. The van der Waals surface area contributed by atoms with Crippen molar-refractivity contribution < 1.29 is 0 Å². The molecule has 4 rings (SSSR count). The number of aromatic nitrogens is 6. The summed E-state index contributed by atoms with van der Waals surface area (Å²) in [6.45, 7) is 0.956. The van der Waals surface area contributed by atoms with Crippen molar-refractivity contribution in [3.05, 3.63) is 28.6 Å². The number of nitrogens with zero attached hydrogens (tertiary/aromatic N) is 5. The Morgan fingerprint density at radius 2 is 2.32 bits per heavy atom. The van der Waals surface area contributed by atoms with Crippen LogP contribution in [0.3, 0.4) is 0 Å². The van der Waals surface area contributed by atoms with Crippen molar-refractivity contribution in [3.8, 4) is 11.4 Å². The number of aromatic amines is 1. The Balaban J connectivity index is 2.03. The van der Waals surface area contributed by atoms with E-state index in [9.17, 15) is 4.79 Å². The van der Waals surface area contributed by atoms with Gasteiger partial charge < -0.3 is 9.55 Å². The van der Waals surface area contributed by atoms with E-state index in [0.29, 0.717) is 11.2 Å². The maximum Gasteiger partial charge on any atom is 0.278 e. The van der Waals surface area contributed by atoms with Crippen molar-refractivity contribution in [2.75, 3.05) is 0 Å². The van der Waals surface area contributed by atoms with Gasteiger partial charge in [0, 0.05) is 19.3 Å². The van der Waals surface area contributed by atoms with Gasteiger partial charge in [-0.05, 0) is 12.8 Å². The molecule has 0 fully saturated rings. The lowest BCUT2D eigenvalue weighted by Crippen LogP contribution is -2.06. The maximum absolute atomic E-state index is 11.8. The smallest absolute Gasteiger partial charge is 0.278 e. The number of nitrogens with one attached hydrogen (secondary N) is 1. The first kappa shape index (κ1) is 10.5. The van der Waals surface area contributed by atoms with Crippen molar-refractivity contribution in [2.24, 2.45) is 7.05 Å². The predicted octanol–water partition coefficient (Wildman–Crippen LogP) is 0.466. The molecule has 3 aromatic rings. The van der Waals surface area contributed by atoms with Gasteiger partial charge >= 0.3 is 0 Å². The fourth-order valence-electron chi connectivity index (χ4n) is 2.70. The van der Waals surface area contributed by atoms with Gasteiger partial charge in [-0.1, -0.05) is 0 Å². The van der Waals surface area contributed by atoms with Crippen molar-refractivity contribution in [1.29, 1.82) is 0 Å². The lowest BCUT2D eigenvalue weighted by atomic mass is 10.2. The Hall–Kier alpha value is -2.44. The Bertz CT molecular complexity index is 840. The Kier molecular flexibility index (Phi) is 1.95. The third kappa shape index (κ3) is 1.32. The maximum atomic E-state index is 11.8. The zero-order valence-electron chi connectivity index (χ0n) is 10.4.